The summed E-state index contributed by atoms with van der Waals surface area (Å²) in [6, 6.07) is 18.3. The van der Waals surface area contributed by atoms with Gasteiger partial charge in [-0.2, -0.15) is 0 Å². The maximum atomic E-state index is 14.1. The van der Waals surface area contributed by atoms with E-state index in [1.807, 2.05) is 0 Å². The van der Waals surface area contributed by atoms with Crippen LogP contribution in [0.4, 0.5) is 5.69 Å². The maximum Gasteiger partial charge on any atom is 0.264 e. The van der Waals surface area contributed by atoms with Crippen LogP contribution in [0.2, 0.25) is 10.0 Å². The van der Waals surface area contributed by atoms with Crippen molar-refractivity contribution in [3.63, 3.8) is 0 Å². The Bertz CT molecular complexity index is 1480. The number of benzene rings is 3. The van der Waals surface area contributed by atoms with Gasteiger partial charge in [0, 0.05) is 22.6 Å². The minimum atomic E-state index is -4.21. The highest BCUT2D eigenvalue weighted by atomic mass is 35.5. The van der Waals surface area contributed by atoms with Crippen LogP contribution >= 0.6 is 23.2 Å². The molecule has 42 heavy (non-hydrogen) atoms. The van der Waals surface area contributed by atoms with Crippen LogP contribution in [0.25, 0.3) is 0 Å². The van der Waals surface area contributed by atoms with Crippen LogP contribution in [0.3, 0.4) is 0 Å². The van der Waals surface area contributed by atoms with Crippen molar-refractivity contribution >= 4 is 50.7 Å². The highest BCUT2D eigenvalue weighted by Crippen LogP contribution is 2.28. The van der Waals surface area contributed by atoms with E-state index in [4.69, 9.17) is 27.9 Å². The van der Waals surface area contributed by atoms with E-state index in [1.165, 1.54) is 48.4 Å². The summed E-state index contributed by atoms with van der Waals surface area (Å²) in [5.41, 5.74) is 0.890. The van der Waals surface area contributed by atoms with Gasteiger partial charge in [0.25, 0.3) is 10.0 Å². The predicted molar refractivity (Wildman–Crippen MR) is 165 cm³/mol. The van der Waals surface area contributed by atoms with Crippen molar-refractivity contribution in [1.29, 1.82) is 0 Å². The molecule has 1 N–H and O–H groups in total. The second kappa shape index (κ2) is 14.3. The molecule has 0 radical (unpaired) electrons. The van der Waals surface area contributed by atoms with Crippen molar-refractivity contribution in [2.24, 2.45) is 0 Å². The quantitative estimate of drug-likeness (QED) is 0.277. The van der Waals surface area contributed by atoms with Crippen LogP contribution in [-0.4, -0.2) is 50.9 Å². The summed E-state index contributed by atoms with van der Waals surface area (Å²) in [6.45, 7) is 1.12. The Kier molecular flexibility index (Phi) is 10.8. The van der Waals surface area contributed by atoms with Gasteiger partial charge in [-0.05, 0) is 79.9 Å². The molecular formula is C31H35Cl2N3O5S. The molecule has 1 unspecified atom stereocenters. The third-order valence-electron chi connectivity index (χ3n) is 7.46. The number of hydrogen-bond acceptors (Lipinski definition) is 5. The molecule has 1 aliphatic carbocycles. The molecule has 0 spiro atoms. The molecule has 8 nitrogen and oxygen atoms in total. The van der Waals surface area contributed by atoms with Gasteiger partial charge in [-0.3, -0.25) is 13.9 Å². The van der Waals surface area contributed by atoms with Gasteiger partial charge >= 0.3 is 0 Å². The number of hydrogen-bond donors (Lipinski definition) is 1. The Balaban J connectivity index is 1.68. The van der Waals surface area contributed by atoms with Gasteiger partial charge in [-0.15, -0.1) is 0 Å². The lowest BCUT2D eigenvalue weighted by atomic mass is 9.95. The molecule has 0 saturated heterocycles. The number of halogens is 2. The fraction of sp³-hybridized carbons (Fsp3) is 0.355. The zero-order valence-corrected chi connectivity index (χ0v) is 26.0. The largest absolute Gasteiger partial charge is 0.497 e. The van der Waals surface area contributed by atoms with E-state index in [2.05, 4.69) is 5.32 Å². The SMILES string of the molecule is COc1ccc(S(=O)(=O)N(CC(=O)N(Cc2ccccc2Cl)C(C)C(=O)NC2CCCCC2)c2ccc(Cl)cc2)cc1. The standard InChI is InChI=1S/C31H35Cl2N3O5S/c1-22(31(38)34-25-9-4-3-5-10-25)35(20-23-8-6-7-11-29(23)33)30(37)21-36(26-14-12-24(32)13-15-26)42(39,40)28-18-16-27(41-2)17-19-28/h6-8,11-19,22,25H,3-5,9-10,20-21H2,1-2H3,(H,34,38). The highest BCUT2D eigenvalue weighted by molar-refractivity contribution is 7.92. The minimum Gasteiger partial charge on any atom is -0.497 e. The fourth-order valence-electron chi connectivity index (χ4n) is 4.97. The van der Waals surface area contributed by atoms with E-state index in [9.17, 15) is 18.0 Å². The molecule has 11 heteroatoms. The molecule has 1 fully saturated rings. The molecule has 1 saturated carbocycles. The first-order chi connectivity index (χ1) is 20.1. The number of rotatable bonds is 11. The number of nitrogens with one attached hydrogen (secondary N) is 1. The lowest BCUT2D eigenvalue weighted by Gasteiger charge is -2.33. The average molecular weight is 633 g/mol. The first-order valence-electron chi connectivity index (χ1n) is 13.9. The van der Waals surface area contributed by atoms with Crippen LogP contribution in [0.15, 0.2) is 77.7 Å². The van der Waals surface area contributed by atoms with Gasteiger partial charge in [0.15, 0.2) is 0 Å². The van der Waals surface area contributed by atoms with Gasteiger partial charge in [-0.25, -0.2) is 8.42 Å². The third-order valence-corrected chi connectivity index (χ3v) is 9.87. The van der Waals surface area contributed by atoms with Crippen LogP contribution in [0, 0.1) is 0 Å². The average Bonchev–Trinajstić information content (AvgIpc) is 3.00. The molecule has 0 bridgehead atoms. The zero-order chi connectivity index (χ0) is 30.3. The smallest absolute Gasteiger partial charge is 0.264 e. The summed E-state index contributed by atoms with van der Waals surface area (Å²) in [5, 5.41) is 3.95. The summed E-state index contributed by atoms with van der Waals surface area (Å²) in [7, 11) is -2.72. The Morgan fingerprint density at radius 2 is 1.60 bits per heavy atom. The van der Waals surface area contributed by atoms with E-state index >= 15 is 0 Å². The first kappa shape index (κ1) is 31.7. The Hall–Kier alpha value is -3.27. The molecule has 0 aliphatic heterocycles. The fourth-order valence-corrected chi connectivity index (χ4v) is 6.71. The number of methoxy groups -OCH3 is 1. The van der Waals surface area contributed by atoms with Crippen LogP contribution in [0.5, 0.6) is 5.75 Å². The topological polar surface area (TPSA) is 96.0 Å². The second-order valence-electron chi connectivity index (χ2n) is 10.3. The molecule has 2 amide bonds. The minimum absolute atomic E-state index is 0.0215. The predicted octanol–water partition coefficient (Wildman–Crippen LogP) is 6.06. The van der Waals surface area contributed by atoms with Gasteiger partial charge < -0.3 is 15.0 Å². The van der Waals surface area contributed by atoms with Crippen molar-refractivity contribution in [1.82, 2.24) is 10.2 Å². The molecule has 1 atom stereocenters. The number of anilines is 1. The van der Waals surface area contributed by atoms with Crippen molar-refractivity contribution < 1.29 is 22.7 Å². The molecule has 1 aliphatic rings. The number of nitrogens with zero attached hydrogens (tertiary/aromatic N) is 2. The van der Waals surface area contributed by atoms with Crippen molar-refractivity contribution in [3.8, 4) is 5.75 Å². The number of carbonyl (C=O) groups is 2. The normalized spacial score (nSPS) is 14.6. The highest BCUT2D eigenvalue weighted by Gasteiger charge is 2.33. The van der Waals surface area contributed by atoms with Crippen LogP contribution < -0.4 is 14.4 Å². The Morgan fingerprint density at radius 1 is 0.952 bits per heavy atom. The summed E-state index contributed by atoms with van der Waals surface area (Å²) < 4.78 is 34.1. The summed E-state index contributed by atoms with van der Waals surface area (Å²) in [5.74, 6) is -0.363. The van der Waals surface area contributed by atoms with E-state index < -0.39 is 28.5 Å². The number of sulfonamides is 1. The summed E-state index contributed by atoms with van der Waals surface area (Å²) in [4.78, 5) is 28.8. The molecular weight excluding hydrogens is 597 g/mol. The summed E-state index contributed by atoms with van der Waals surface area (Å²) in [6.07, 6.45) is 5.01. The maximum absolute atomic E-state index is 14.1. The van der Waals surface area contributed by atoms with Crippen molar-refractivity contribution in [2.75, 3.05) is 18.0 Å². The Morgan fingerprint density at radius 3 is 2.21 bits per heavy atom. The lowest BCUT2D eigenvalue weighted by Crippen LogP contribution is -2.53. The van der Waals surface area contributed by atoms with E-state index in [0.29, 0.717) is 21.4 Å². The second-order valence-corrected chi connectivity index (χ2v) is 13.0. The number of ether oxygens (including phenoxy) is 1. The van der Waals surface area contributed by atoms with E-state index in [1.54, 1.807) is 43.3 Å². The van der Waals surface area contributed by atoms with Crippen molar-refractivity contribution in [2.45, 2.75) is 62.6 Å². The summed E-state index contributed by atoms with van der Waals surface area (Å²) >= 11 is 12.5. The van der Waals surface area contributed by atoms with Crippen molar-refractivity contribution in [3.05, 3.63) is 88.4 Å². The molecule has 0 heterocycles. The van der Waals surface area contributed by atoms with Gasteiger partial charge in [0.2, 0.25) is 11.8 Å². The first-order valence-corrected chi connectivity index (χ1v) is 16.1. The van der Waals surface area contributed by atoms with Gasteiger partial charge in [0.1, 0.15) is 18.3 Å². The van der Waals surface area contributed by atoms with E-state index in [0.717, 1.165) is 36.4 Å². The van der Waals surface area contributed by atoms with Crippen LogP contribution in [0.1, 0.15) is 44.6 Å². The zero-order valence-electron chi connectivity index (χ0n) is 23.6. The number of carbonyl (C=O) groups excluding carboxylic acids is 2. The number of amides is 2. The van der Waals surface area contributed by atoms with Gasteiger partial charge in [0.05, 0.1) is 17.7 Å². The Labute approximate surface area is 257 Å². The molecule has 3 aromatic rings. The monoisotopic (exact) mass is 631 g/mol. The molecule has 0 aromatic heterocycles. The lowest BCUT2D eigenvalue weighted by molar-refractivity contribution is -0.139. The molecule has 3 aromatic carbocycles. The molecule has 224 valence electrons. The molecule has 4 rings (SSSR count). The van der Waals surface area contributed by atoms with E-state index in [-0.39, 0.29) is 29.1 Å². The van der Waals surface area contributed by atoms with Crippen LogP contribution in [-0.2, 0) is 26.2 Å². The van der Waals surface area contributed by atoms with Gasteiger partial charge in [-0.1, -0.05) is 60.7 Å². The third kappa shape index (κ3) is 7.76.